The van der Waals surface area contributed by atoms with Gasteiger partial charge in [-0.05, 0) is 38.0 Å². The number of nitrogens with two attached hydrogens (primary N) is 1. The molecule has 18 heavy (non-hydrogen) atoms. The summed E-state index contributed by atoms with van der Waals surface area (Å²) in [7, 11) is 0. The van der Waals surface area contributed by atoms with Gasteiger partial charge in [-0.1, -0.05) is 19.3 Å². The zero-order valence-corrected chi connectivity index (χ0v) is 11.1. The van der Waals surface area contributed by atoms with Crippen LogP contribution in [-0.2, 0) is 0 Å². The fraction of sp³-hybridized carbons (Fsp3) is 0.533. The lowest BCUT2D eigenvalue weighted by Gasteiger charge is -2.27. The molecule has 0 atom stereocenters. The predicted molar refractivity (Wildman–Crippen MR) is 76.2 cm³/mol. The fourth-order valence-electron chi connectivity index (χ4n) is 2.57. The van der Waals surface area contributed by atoms with Gasteiger partial charge in [-0.3, -0.25) is 4.79 Å². The zero-order chi connectivity index (χ0) is 13.0. The third-order valence-corrected chi connectivity index (χ3v) is 3.64. The molecule has 2 rings (SSSR count). The maximum absolute atomic E-state index is 11.4. The molecule has 3 nitrogen and oxygen atoms in total. The van der Waals surface area contributed by atoms with E-state index in [9.17, 15) is 4.79 Å². The molecule has 0 saturated carbocycles. The number of carbonyl (C=O) groups is 1. The van der Waals surface area contributed by atoms with Crippen LogP contribution >= 0.6 is 0 Å². The molecule has 1 aromatic rings. The minimum Gasteiger partial charge on any atom is -0.398 e. The van der Waals surface area contributed by atoms with E-state index in [0.29, 0.717) is 11.3 Å². The smallest absolute Gasteiger partial charge is 0.161 e. The monoisotopic (exact) mass is 246 g/mol. The van der Waals surface area contributed by atoms with E-state index in [4.69, 9.17) is 5.73 Å². The largest absolute Gasteiger partial charge is 0.398 e. The Kier molecular flexibility index (Phi) is 4.24. The summed E-state index contributed by atoms with van der Waals surface area (Å²) < 4.78 is 0. The van der Waals surface area contributed by atoms with Crippen molar-refractivity contribution >= 4 is 17.2 Å². The maximum atomic E-state index is 11.4. The van der Waals surface area contributed by atoms with Crippen molar-refractivity contribution in [3.05, 3.63) is 23.8 Å². The molecule has 0 aromatic heterocycles. The number of anilines is 2. The summed E-state index contributed by atoms with van der Waals surface area (Å²) in [5.41, 5.74) is 8.33. The van der Waals surface area contributed by atoms with Gasteiger partial charge in [0.05, 0.1) is 0 Å². The second-order valence-corrected chi connectivity index (χ2v) is 5.08. The Morgan fingerprint density at radius 1 is 1.11 bits per heavy atom. The molecule has 0 unspecified atom stereocenters. The molecule has 3 heteroatoms. The van der Waals surface area contributed by atoms with Crippen molar-refractivity contribution < 1.29 is 4.79 Å². The third-order valence-electron chi connectivity index (χ3n) is 3.64. The van der Waals surface area contributed by atoms with Crippen molar-refractivity contribution in [1.29, 1.82) is 0 Å². The van der Waals surface area contributed by atoms with Crippen LogP contribution in [0, 0.1) is 0 Å². The van der Waals surface area contributed by atoms with E-state index in [1.54, 1.807) is 6.92 Å². The molecule has 1 aliphatic heterocycles. The number of rotatable bonds is 2. The normalized spacial score (nSPS) is 17.1. The van der Waals surface area contributed by atoms with Crippen LogP contribution in [0.25, 0.3) is 0 Å². The van der Waals surface area contributed by atoms with E-state index in [1.165, 1.54) is 32.1 Å². The molecule has 1 fully saturated rings. The SMILES string of the molecule is CC(=O)c1ccc(N2CCCCCCC2)cc1N. The summed E-state index contributed by atoms with van der Waals surface area (Å²) in [6, 6.07) is 5.82. The number of hydrogen-bond acceptors (Lipinski definition) is 3. The molecular formula is C15H22N2O. The van der Waals surface area contributed by atoms with E-state index in [2.05, 4.69) is 4.90 Å². The van der Waals surface area contributed by atoms with Gasteiger partial charge in [0.25, 0.3) is 0 Å². The molecule has 0 amide bonds. The Morgan fingerprint density at radius 2 is 1.72 bits per heavy atom. The predicted octanol–water partition coefficient (Wildman–Crippen LogP) is 3.24. The van der Waals surface area contributed by atoms with Gasteiger partial charge in [0.15, 0.2) is 5.78 Å². The second-order valence-electron chi connectivity index (χ2n) is 5.08. The summed E-state index contributed by atoms with van der Waals surface area (Å²) in [6.45, 7) is 3.75. The van der Waals surface area contributed by atoms with Crippen molar-refractivity contribution in [1.82, 2.24) is 0 Å². The minimum atomic E-state index is 0.0340. The summed E-state index contributed by atoms with van der Waals surface area (Å²) in [5, 5.41) is 0. The van der Waals surface area contributed by atoms with Gasteiger partial charge in [0.2, 0.25) is 0 Å². The zero-order valence-electron chi connectivity index (χ0n) is 11.1. The molecule has 1 aromatic carbocycles. The van der Waals surface area contributed by atoms with Crippen LogP contribution in [0.4, 0.5) is 11.4 Å². The molecule has 2 N–H and O–H groups in total. The minimum absolute atomic E-state index is 0.0340. The van der Waals surface area contributed by atoms with Crippen LogP contribution < -0.4 is 10.6 Å². The third kappa shape index (κ3) is 3.03. The number of hydrogen-bond donors (Lipinski definition) is 1. The van der Waals surface area contributed by atoms with E-state index < -0.39 is 0 Å². The van der Waals surface area contributed by atoms with Crippen molar-refractivity contribution in [2.45, 2.75) is 39.0 Å². The quantitative estimate of drug-likeness (QED) is 0.643. The Bertz CT molecular complexity index is 421. The first kappa shape index (κ1) is 12.9. The van der Waals surface area contributed by atoms with Gasteiger partial charge < -0.3 is 10.6 Å². The average Bonchev–Trinajstić information content (AvgIpc) is 2.27. The van der Waals surface area contributed by atoms with Crippen LogP contribution in [0.15, 0.2) is 18.2 Å². The van der Waals surface area contributed by atoms with E-state index in [1.807, 2.05) is 18.2 Å². The Balaban J connectivity index is 2.16. The standard InChI is InChI=1S/C15H22N2O/c1-12(18)14-8-7-13(11-15(14)16)17-9-5-3-2-4-6-10-17/h7-8,11H,2-6,9-10,16H2,1H3. The number of nitrogens with zero attached hydrogens (tertiary/aromatic N) is 1. The first-order chi connectivity index (χ1) is 8.68. The van der Waals surface area contributed by atoms with Crippen LogP contribution in [0.2, 0.25) is 0 Å². The van der Waals surface area contributed by atoms with Crippen molar-refractivity contribution in [3.63, 3.8) is 0 Å². The molecule has 1 aliphatic rings. The van der Waals surface area contributed by atoms with Crippen molar-refractivity contribution in [2.75, 3.05) is 23.7 Å². The van der Waals surface area contributed by atoms with Crippen LogP contribution in [-0.4, -0.2) is 18.9 Å². The highest BCUT2D eigenvalue weighted by atomic mass is 16.1. The van der Waals surface area contributed by atoms with E-state index in [0.717, 1.165) is 18.8 Å². The molecule has 1 saturated heterocycles. The second kappa shape index (κ2) is 5.89. The number of Topliss-reactive ketones (excluding diaryl/α,β-unsaturated/α-hetero) is 1. The Labute approximate surface area is 109 Å². The molecule has 1 heterocycles. The van der Waals surface area contributed by atoms with Gasteiger partial charge >= 0.3 is 0 Å². The summed E-state index contributed by atoms with van der Waals surface area (Å²) in [5.74, 6) is 0.0340. The van der Waals surface area contributed by atoms with E-state index in [-0.39, 0.29) is 5.78 Å². The van der Waals surface area contributed by atoms with Gasteiger partial charge in [0.1, 0.15) is 0 Å². The Morgan fingerprint density at radius 3 is 2.28 bits per heavy atom. The molecular weight excluding hydrogens is 224 g/mol. The number of carbonyl (C=O) groups excluding carboxylic acids is 1. The highest BCUT2D eigenvalue weighted by Crippen LogP contribution is 2.24. The van der Waals surface area contributed by atoms with Crippen LogP contribution in [0.5, 0.6) is 0 Å². The lowest BCUT2D eigenvalue weighted by molar-refractivity contribution is 0.101. The average molecular weight is 246 g/mol. The lowest BCUT2D eigenvalue weighted by Crippen LogP contribution is -2.27. The molecule has 98 valence electrons. The maximum Gasteiger partial charge on any atom is 0.161 e. The van der Waals surface area contributed by atoms with Gasteiger partial charge in [-0.2, -0.15) is 0 Å². The van der Waals surface area contributed by atoms with Crippen LogP contribution in [0.3, 0.4) is 0 Å². The number of benzene rings is 1. The highest BCUT2D eigenvalue weighted by Gasteiger charge is 2.11. The first-order valence-electron chi connectivity index (χ1n) is 6.84. The van der Waals surface area contributed by atoms with Crippen LogP contribution in [0.1, 0.15) is 49.4 Å². The van der Waals surface area contributed by atoms with Gasteiger partial charge in [0, 0.05) is 30.0 Å². The molecule has 0 radical (unpaired) electrons. The first-order valence-corrected chi connectivity index (χ1v) is 6.84. The number of ketones is 1. The van der Waals surface area contributed by atoms with E-state index >= 15 is 0 Å². The van der Waals surface area contributed by atoms with Crippen molar-refractivity contribution in [3.8, 4) is 0 Å². The number of nitrogen functional groups attached to an aromatic ring is 1. The molecule has 0 spiro atoms. The molecule has 0 bridgehead atoms. The summed E-state index contributed by atoms with van der Waals surface area (Å²) in [6.07, 6.45) is 6.48. The van der Waals surface area contributed by atoms with Gasteiger partial charge in [-0.15, -0.1) is 0 Å². The summed E-state index contributed by atoms with van der Waals surface area (Å²) >= 11 is 0. The molecule has 0 aliphatic carbocycles. The highest BCUT2D eigenvalue weighted by molar-refractivity contribution is 5.99. The Hall–Kier alpha value is -1.51. The van der Waals surface area contributed by atoms with Crippen molar-refractivity contribution in [2.24, 2.45) is 0 Å². The fourth-order valence-corrected chi connectivity index (χ4v) is 2.57. The van der Waals surface area contributed by atoms with Gasteiger partial charge in [-0.25, -0.2) is 0 Å². The summed E-state index contributed by atoms with van der Waals surface area (Å²) in [4.78, 5) is 13.7. The lowest BCUT2D eigenvalue weighted by atomic mass is 10.1. The topological polar surface area (TPSA) is 46.3 Å².